The van der Waals surface area contributed by atoms with Gasteiger partial charge in [-0.25, -0.2) is 4.79 Å². The van der Waals surface area contributed by atoms with Gasteiger partial charge in [-0.05, 0) is 19.8 Å². The molecule has 1 fully saturated rings. The van der Waals surface area contributed by atoms with E-state index in [4.69, 9.17) is 0 Å². The Balaban J connectivity index is 2.14. The number of hydrogen-bond acceptors (Lipinski definition) is 3. The van der Waals surface area contributed by atoms with E-state index in [1.165, 1.54) is 17.4 Å². The standard InChI is InChI=1S/C14H17N5O2/c1-8-7-18-10-11(17(2)14(21)16-12(10)20)15-13(18)19(8)9-5-3-4-6-9/h7,9H,3-6H2,1-2H3,(H,16,20,21). The fourth-order valence-corrected chi connectivity index (χ4v) is 3.50. The van der Waals surface area contributed by atoms with Crippen molar-refractivity contribution in [1.82, 2.24) is 23.5 Å². The predicted molar refractivity (Wildman–Crippen MR) is 78.8 cm³/mol. The zero-order chi connectivity index (χ0) is 14.7. The van der Waals surface area contributed by atoms with Crippen LogP contribution in [0, 0.1) is 6.92 Å². The van der Waals surface area contributed by atoms with Crippen LogP contribution in [0.3, 0.4) is 0 Å². The molecule has 21 heavy (non-hydrogen) atoms. The van der Waals surface area contributed by atoms with E-state index >= 15 is 0 Å². The van der Waals surface area contributed by atoms with Crippen molar-refractivity contribution in [3.63, 3.8) is 0 Å². The quantitative estimate of drug-likeness (QED) is 0.728. The molecule has 3 aromatic rings. The van der Waals surface area contributed by atoms with Gasteiger partial charge in [-0.1, -0.05) is 12.8 Å². The second kappa shape index (κ2) is 4.09. The predicted octanol–water partition coefficient (Wildman–Crippen LogP) is 1.10. The molecule has 0 aliphatic heterocycles. The molecule has 1 aliphatic rings. The van der Waals surface area contributed by atoms with Gasteiger partial charge in [0.25, 0.3) is 5.56 Å². The van der Waals surface area contributed by atoms with Gasteiger partial charge >= 0.3 is 5.69 Å². The largest absolute Gasteiger partial charge is 0.329 e. The Kier molecular flexibility index (Phi) is 2.42. The summed E-state index contributed by atoms with van der Waals surface area (Å²) in [6.45, 7) is 2.04. The smallest absolute Gasteiger partial charge is 0.311 e. The number of aryl methyl sites for hydroxylation is 2. The van der Waals surface area contributed by atoms with Crippen LogP contribution in [0.4, 0.5) is 0 Å². The molecular formula is C14H17N5O2. The Morgan fingerprint density at radius 3 is 2.71 bits per heavy atom. The lowest BCUT2D eigenvalue weighted by Crippen LogP contribution is -2.28. The van der Waals surface area contributed by atoms with Crippen molar-refractivity contribution in [1.29, 1.82) is 0 Å². The van der Waals surface area contributed by atoms with Crippen LogP contribution in [0.1, 0.15) is 37.4 Å². The number of rotatable bonds is 1. The van der Waals surface area contributed by atoms with Crippen LogP contribution in [0.15, 0.2) is 15.8 Å². The molecule has 1 aliphatic carbocycles. The number of H-pyrrole nitrogens is 1. The van der Waals surface area contributed by atoms with E-state index in [2.05, 4.69) is 14.5 Å². The number of hydrogen-bond donors (Lipinski definition) is 1. The maximum Gasteiger partial charge on any atom is 0.329 e. The van der Waals surface area contributed by atoms with Crippen molar-refractivity contribution >= 4 is 16.9 Å². The third-order valence-corrected chi connectivity index (χ3v) is 4.53. The summed E-state index contributed by atoms with van der Waals surface area (Å²) >= 11 is 0. The first-order valence-corrected chi connectivity index (χ1v) is 7.27. The van der Waals surface area contributed by atoms with Crippen LogP contribution in [0.25, 0.3) is 16.9 Å². The van der Waals surface area contributed by atoms with E-state index in [-0.39, 0.29) is 5.56 Å². The first-order valence-electron chi connectivity index (χ1n) is 7.27. The van der Waals surface area contributed by atoms with Gasteiger partial charge in [0.1, 0.15) is 0 Å². The fraction of sp³-hybridized carbons (Fsp3) is 0.500. The highest BCUT2D eigenvalue weighted by atomic mass is 16.2. The number of nitrogens with one attached hydrogen (secondary N) is 1. The Morgan fingerprint density at radius 2 is 2.00 bits per heavy atom. The van der Waals surface area contributed by atoms with Gasteiger partial charge in [-0.2, -0.15) is 4.98 Å². The van der Waals surface area contributed by atoms with Crippen molar-refractivity contribution in [2.24, 2.45) is 7.05 Å². The topological polar surface area (TPSA) is 77.1 Å². The summed E-state index contributed by atoms with van der Waals surface area (Å²) in [4.78, 5) is 30.8. The average molecular weight is 287 g/mol. The Labute approximate surface area is 119 Å². The van der Waals surface area contributed by atoms with E-state index < -0.39 is 5.69 Å². The number of fused-ring (bicyclic) bond motifs is 3. The fourth-order valence-electron chi connectivity index (χ4n) is 3.50. The highest BCUT2D eigenvalue weighted by molar-refractivity contribution is 5.75. The van der Waals surface area contributed by atoms with Crippen LogP contribution in [-0.4, -0.2) is 23.5 Å². The van der Waals surface area contributed by atoms with Crippen molar-refractivity contribution < 1.29 is 0 Å². The third-order valence-electron chi connectivity index (χ3n) is 4.53. The number of aromatic amines is 1. The highest BCUT2D eigenvalue weighted by Crippen LogP contribution is 2.32. The van der Waals surface area contributed by atoms with E-state index in [0.717, 1.165) is 24.3 Å². The minimum atomic E-state index is -0.433. The van der Waals surface area contributed by atoms with E-state index in [1.807, 2.05) is 13.1 Å². The van der Waals surface area contributed by atoms with Crippen molar-refractivity contribution in [3.05, 3.63) is 32.7 Å². The van der Waals surface area contributed by atoms with Crippen LogP contribution >= 0.6 is 0 Å². The zero-order valence-corrected chi connectivity index (χ0v) is 12.1. The van der Waals surface area contributed by atoms with Gasteiger partial charge in [0.15, 0.2) is 11.2 Å². The van der Waals surface area contributed by atoms with E-state index in [0.29, 0.717) is 17.2 Å². The Bertz CT molecular complexity index is 965. The summed E-state index contributed by atoms with van der Waals surface area (Å²) in [6.07, 6.45) is 6.68. The highest BCUT2D eigenvalue weighted by Gasteiger charge is 2.24. The van der Waals surface area contributed by atoms with Gasteiger partial charge < -0.3 is 4.57 Å². The maximum atomic E-state index is 12.1. The number of nitrogens with zero attached hydrogens (tertiary/aromatic N) is 4. The normalized spacial score (nSPS) is 16.5. The summed E-state index contributed by atoms with van der Waals surface area (Å²) in [7, 11) is 1.62. The lowest BCUT2D eigenvalue weighted by atomic mass is 10.2. The Hall–Kier alpha value is -2.31. The number of aromatic nitrogens is 5. The molecule has 0 unspecified atom stereocenters. The molecule has 0 aromatic carbocycles. The summed E-state index contributed by atoms with van der Waals surface area (Å²) in [5, 5.41) is 0. The molecule has 1 N–H and O–H groups in total. The van der Waals surface area contributed by atoms with E-state index in [1.54, 1.807) is 11.4 Å². The minimum absolute atomic E-state index is 0.385. The molecule has 0 radical (unpaired) electrons. The monoisotopic (exact) mass is 287 g/mol. The molecule has 0 spiro atoms. The van der Waals surface area contributed by atoms with Crippen LogP contribution in [-0.2, 0) is 7.05 Å². The zero-order valence-electron chi connectivity index (χ0n) is 12.1. The van der Waals surface area contributed by atoms with Crippen molar-refractivity contribution in [2.45, 2.75) is 38.6 Å². The molecule has 1 saturated carbocycles. The average Bonchev–Trinajstić information content (AvgIpc) is 3.10. The van der Waals surface area contributed by atoms with Gasteiger partial charge in [-0.15, -0.1) is 0 Å². The van der Waals surface area contributed by atoms with E-state index in [9.17, 15) is 9.59 Å². The molecule has 0 amide bonds. The molecule has 0 atom stereocenters. The molecule has 0 saturated heterocycles. The molecule has 3 heterocycles. The molecule has 7 nitrogen and oxygen atoms in total. The second-order valence-electron chi connectivity index (χ2n) is 5.85. The third kappa shape index (κ3) is 1.57. The van der Waals surface area contributed by atoms with Crippen LogP contribution in [0.5, 0.6) is 0 Å². The summed E-state index contributed by atoms with van der Waals surface area (Å²) < 4.78 is 5.40. The molecule has 7 heteroatoms. The lowest BCUT2D eigenvalue weighted by Gasteiger charge is -2.13. The van der Waals surface area contributed by atoms with Crippen molar-refractivity contribution in [2.75, 3.05) is 0 Å². The van der Waals surface area contributed by atoms with Crippen molar-refractivity contribution in [3.8, 4) is 0 Å². The molecular weight excluding hydrogens is 270 g/mol. The van der Waals surface area contributed by atoms with Gasteiger partial charge in [0.05, 0.1) is 0 Å². The molecule has 3 aromatic heterocycles. The summed E-state index contributed by atoms with van der Waals surface area (Å²) in [5.41, 5.74) is 1.15. The minimum Gasteiger partial charge on any atom is -0.311 e. The second-order valence-corrected chi connectivity index (χ2v) is 5.85. The number of imidazole rings is 2. The molecule has 110 valence electrons. The lowest BCUT2D eigenvalue weighted by molar-refractivity contribution is 0.520. The van der Waals surface area contributed by atoms with Gasteiger partial charge in [0.2, 0.25) is 5.78 Å². The summed E-state index contributed by atoms with van der Waals surface area (Å²) in [6, 6.07) is 0.440. The SMILES string of the molecule is Cc1cn2c3c(=O)[nH]c(=O)n(C)c3nc2n1C1CCCC1. The van der Waals surface area contributed by atoms with Crippen LogP contribution in [0.2, 0.25) is 0 Å². The maximum absolute atomic E-state index is 12.1. The first kappa shape index (κ1) is 12.4. The van der Waals surface area contributed by atoms with Gasteiger partial charge in [0, 0.05) is 25.0 Å². The van der Waals surface area contributed by atoms with Gasteiger partial charge in [-0.3, -0.25) is 18.7 Å². The first-order chi connectivity index (χ1) is 10.1. The molecule has 4 rings (SSSR count). The Morgan fingerprint density at radius 1 is 1.29 bits per heavy atom. The van der Waals surface area contributed by atoms with Crippen LogP contribution < -0.4 is 11.2 Å². The molecule has 0 bridgehead atoms. The summed E-state index contributed by atoms with van der Waals surface area (Å²) in [5.74, 6) is 0.751.